The van der Waals surface area contributed by atoms with Crippen molar-refractivity contribution in [3.8, 4) is 0 Å². The molecule has 0 bridgehead atoms. The lowest BCUT2D eigenvalue weighted by molar-refractivity contribution is -0.144. The Bertz CT molecular complexity index is 701. The van der Waals surface area contributed by atoms with Crippen molar-refractivity contribution in [1.82, 2.24) is 5.32 Å². The van der Waals surface area contributed by atoms with Gasteiger partial charge in [-0.2, -0.15) is 0 Å². The molecule has 0 aromatic heterocycles. The fourth-order valence-corrected chi connectivity index (χ4v) is 5.89. The van der Waals surface area contributed by atoms with Crippen LogP contribution in [0.4, 0.5) is 0 Å². The van der Waals surface area contributed by atoms with Crippen molar-refractivity contribution in [2.45, 2.75) is 161 Å². The molecule has 1 rings (SSSR count). The minimum Gasteiger partial charge on any atom is -0.481 e. The molecule has 0 spiro atoms. The van der Waals surface area contributed by atoms with Crippen molar-refractivity contribution in [3.63, 3.8) is 0 Å². The average Bonchev–Trinajstić information content (AvgIpc) is 2.93. The number of hydrogen-bond donors (Lipinski definition) is 3. The minimum atomic E-state index is -0.874. The van der Waals surface area contributed by atoms with Crippen molar-refractivity contribution >= 4 is 23.6 Å². The monoisotopic (exact) mass is 565 g/mol. The van der Waals surface area contributed by atoms with Gasteiger partial charge in [-0.15, -0.1) is 0 Å². The van der Waals surface area contributed by atoms with E-state index in [2.05, 4.69) is 5.32 Å². The third-order valence-electron chi connectivity index (χ3n) is 8.72. The molecule has 1 aliphatic carbocycles. The van der Waals surface area contributed by atoms with Crippen molar-refractivity contribution in [2.24, 2.45) is 17.8 Å². The zero-order valence-corrected chi connectivity index (χ0v) is 25.4. The highest BCUT2D eigenvalue weighted by Gasteiger charge is 2.29. The van der Waals surface area contributed by atoms with Crippen LogP contribution in [0.5, 0.6) is 0 Å². The summed E-state index contributed by atoms with van der Waals surface area (Å²) in [4.78, 5) is 46.3. The second-order valence-corrected chi connectivity index (χ2v) is 12.2. The molecule has 0 saturated heterocycles. The Labute approximate surface area is 243 Å². The Morgan fingerprint density at radius 3 is 1.48 bits per heavy atom. The molecule has 0 aromatic rings. The van der Waals surface area contributed by atoms with Gasteiger partial charge in [0.25, 0.3) is 0 Å². The molecule has 1 atom stereocenters. The number of rotatable bonds is 26. The zero-order valence-electron chi connectivity index (χ0n) is 25.4. The summed E-state index contributed by atoms with van der Waals surface area (Å²) >= 11 is 0. The van der Waals surface area contributed by atoms with E-state index in [0.29, 0.717) is 31.7 Å². The van der Waals surface area contributed by atoms with E-state index in [1.165, 1.54) is 77.0 Å². The van der Waals surface area contributed by atoms with E-state index in [0.717, 1.165) is 51.4 Å². The van der Waals surface area contributed by atoms with Crippen molar-refractivity contribution in [1.29, 1.82) is 0 Å². The van der Waals surface area contributed by atoms with Crippen LogP contribution in [-0.4, -0.2) is 40.4 Å². The second kappa shape index (κ2) is 23.8. The average molecular weight is 566 g/mol. The number of carbonyl (C=O) groups excluding carboxylic acids is 2. The molecule has 0 aromatic carbocycles. The fourth-order valence-electron chi connectivity index (χ4n) is 5.89. The summed E-state index contributed by atoms with van der Waals surface area (Å²) in [6.07, 6.45) is 24.4. The molecule has 1 fully saturated rings. The maximum Gasteiger partial charge on any atom is 0.306 e. The van der Waals surface area contributed by atoms with Gasteiger partial charge >= 0.3 is 11.9 Å². The van der Waals surface area contributed by atoms with Crippen LogP contribution in [0.3, 0.4) is 0 Å². The first-order valence-electron chi connectivity index (χ1n) is 16.6. The molecule has 3 N–H and O–H groups in total. The van der Waals surface area contributed by atoms with Gasteiger partial charge in [0.15, 0.2) is 0 Å². The molecular formula is C33H59NO6. The number of nitrogens with one attached hydrogen (secondary N) is 1. The Morgan fingerprint density at radius 2 is 1.07 bits per heavy atom. The lowest BCUT2D eigenvalue weighted by Crippen LogP contribution is -2.32. The second-order valence-electron chi connectivity index (χ2n) is 12.2. The predicted octanol–water partition coefficient (Wildman–Crippen LogP) is 8.09. The smallest absolute Gasteiger partial charge is 0.306 e. The number of carboxylic acids is 2. The Kier molecular flexibility index (Phi) is 21.4. The highest BCUT2D eigenvalue weighted by molar-refractivity contribution is 5.85. The normalized spacial score (nSPS) is 17.8. The zero-order chi connectivity index (χ0) is 29.4. The predicted molar refractivity (Wildman–Crippen MR) is 160 cm³/mol. The molecule has 0 unspecified atom stereocenters. The van der Waals surface area contributed by atoms with Crippen LogP contribution >= 0.6 is 0 Å². The molecule has 0 aliphatic heterocycles. The summed E-state index contributed by atoms with van der Waals surface area (Å²) < 4.78 is 0. The lowest BCUT2D eigenvalue weighted by atomic mass is 9.78. The van der Waals surface area contributed by atoms with Gasteiger partial charge in [-0.25, -0.2) is 0 Å². The Balaban J connectivity index is 1.87. The van der Waals surface area contributed by atoms with Gasteiger partial charge < -0.3 is 15.5 Å². The summed E-state index contributed by atoms with van der Waals surface area (Å²) in [5.74, 6) is -1.45. The number of aliphatic carboxylic acids is 2. The van der Waals surface area contributed by atoms with E-state index in [-0.39, 0.29) is 24.0 Å². The number of hydrogen-bond acceptors (Lipinski definition) is 4. The number of ketones is 1. The molecule has 1 saturated carbocycles. The van der Waals surface area contributed by atoms with Crippen molar-refractivity contribution in [2.75, 3.05) is 6.54 Å². The summed E-state index contributed by atoms with van der Waals surface area (Å²) in [5, 5.41) is 20.9. The molecule has 40 heavy (non-hydrogen) atoms. The number of amides is 1. The highest BCUT2D eigenvalue weighted by atomic mass is 16.4. The fraction of sp³-hybridized carbons (Fsp3) is 0.879. The van der Waals surface area contributed by atoms with Gasteiger partial charge in [-0.1, -0.05) is 96.8 Å². The first-order valence-corrected chi connectivity index (χ1v) is 16.6. The number of carboxylic acid groups (broad SMARTS) is 2. The summed E-state index contributed by atoms with van der Waals surface area (Å²) in [6, 6.07) is 0. The van der Waals surface area contributed by atoms with E-state index in [1.54, 1.807) is 0 Å². The van der Waals surface area contributed by atoms with Crippen LogP contribution in [0.1, 0.15) is 161 Å². The van der Waals surface area contributed by atoms with Gasteiger partial charge in [0.05, 0.1) is 5.92 Å². The molecule has 1 aliphatic rings. The third-order valence-corrected chi connectivity index (χ3v) is 8.72. The van der Waals surface area contributed by atoms with Crippen LogP contribution in [-0.2, 0) is 19.2 Å². The first kappa shape index (κ1) is 36.1. The van der Waals surface area contributed by atoms with E-state index in [1.807, 2.05) is 6.92 Å². The van der Waals surface area contributed by atoms with E-state index >= 15 is 0 Å². The van der Waals surface area contributed by atoms with Crippen LogP contribution in [0.25, 0.3) is 0 Å². The van der Waals surface area contributed by atoms with E-state index < -0.39 is 17.9 Å². The first-order chi connectivity index (χ1) is 19.3. The highest BCUT2D eigenvalue weighted by Crippen LogP contribution is 2.31. The molecule has 232 valence electrons. The summed E-state index contributed by atoms with van der Waals surface area (Å²) in [7, 11) is 0. The van der Waals surface area contributed by atoms with Crippen molar-refractivity contribution in [3.05, 3.63) is 0 Å². The van der Waals surface area contributed by atoms with Gasteiger partial charge in [0.2, 0.25) is 5.91 Å². The van der Waals surface area contributed by atoms with E-state index in [4.69, 9.17) is 5.11 Å². The van der Waals surface area contributed by atoms with Gasteiger partial charge in [-0.3, -0.25) is 19.2 Å². The van der Waals surface area contributed by atoms with Crippen LogP contribution in [0.2, 0.25) is 0 Å². The Morgan fingerprint density at radius 1 is 0.650 bits per heavy atom. The SMILES string of the molecule is CC[C@H](CC(=O)C1CCC(CNC(=O)CCCCCCCCCCCCCCCCCCC(=O)O)CC1)C(=O)O. The molecule has 1 amide bonds. The molecule has 7 nitrogen and oxygen atoms in total. The van der Waals surface area contributed by atoms with Gasteiger partial charge in [-0.05, 0) is 50.9 Å². The van der Waals surface area contributed by atoms with Crippen LogP contribution < -0.4 is 5.32 Å². The minimum absolute atomic E-state index is 0.00881. The summed E-state index contributed by atoms with van der Waals surface area (Å²) in [6.45, 7) is 2.51. The maximum atomic E-state index is 12.4. The number of unbranched alkanes of at least 4 members (excludes halogenated alkanes) is 15. The van der Waals surface area contributed by atoms with Crippen LogP contribution in [0.15, 0.2) is 0 Å². The van der Waals surface area contributed by atoms with Crippen LogP contribution in [0, 0.1) is 17.8 Å². The van der Waals surface area contributed by atoms with Gasteiger partial charge in [0.1, 0.15) is 5.78 Å². The lowest BCUT2D eigenvalue weighted by Gasteiger charge is -2.28. The largest absolute Gasteiger partial charge is 0.481 e. The maximum absolute atomic E-state index is 12.4. The third kappa shape index (κ3) is 19.2. The molecule has 0 heterocycles. The molecular weight excluding hydrogens is 506 g/mol. The Hall–Kier alpha value is -1.92. The standard InChI is InChI=1S/C33H59NO6/c1-2-28(33(39)40)25-30(35)29-23-21-27(22-24-29)26-34-31(36)19-17-15-13-11-9-7-5-3-4-6-8-10-12-14-16-18-20-32(37)38/h27-29H,2-26H2,1H3,(H,34,36)(H,37,38)(H,39,40)/t27?,28-,29?/m1/s1. The summed E-state index contributed by atoms with van der Waals surface area (Å²) in [5.41, 5.74) is 0. The van der Waals surface area contributed by atoms with E-state index in [9.17, 15) is 24.3 Å². The quantitative estimate of drug-likeness (QED) is 0.0912. The number of Topliss-reactive ketones (excluding diaryl/α,β-unsaturated/α-hetero) is 1. The topological polar surface area (TPSA) is 121 Å². The molecule has 0 radical (unpaired) electrons. The van der Waals surface area contributed by atoms with Crippen molar-refractivity contribution < 1.29 is 29.4 Å². The van der Waals surface area contributed by atoms with Gasteiger partial charge in [0, 0.05) is 31.7 Å². The number of carbonyl (C=O) groups is 4. The molecule has 7 heteroatoms.